The Balaban J connectivity index is 1.96. The molecule has 7 nitrogen and oxygen atoms in total. The van der Waals surface area contributed by atoms with Gasteiger partial charge >= 0.3 is 11.9 Å². The third kappa shape index (κ3) is 5.96. The monoisotopic (exact) mass is 554 g/mol. The van der Waals surface area contributed by atoms with Crippen molar-refractivity contribution < 1.29 is 23.9 Å². The maximum Gasteiger partial charge on any atom is 0.348 e. The van der Waals surface area contributed by atoms with Gasteiger partial charge in [-0.1, -0.05) is 15.9 Å². The van der Waals surface area contributed by atoms with Crippen LogP contribution in [0.4, 0.5) is 0 Å². The highest BCUT2D eigenvalue weighted by molar-refractivity contribution is 9.10. The van der Waals surface area contributed by atoms with E-state index >= 15 is 0 Å². The van der Waals surface area contributed by atoms with Crippen LogP contribution >= 0.6 is 27.3 Å². The van der Waals surface area contributed by atoms with E-state index in [1.165, 1.54) is 6.08 Å². The Labute approximate surface area is 215 Å². The number of benzene rings is 1. The number of ether oxygens (including phenoxy) is 2. The van der Waals surface area contributed by atoms with Gasteiger partial charge in [0.1, 0.15) is 10.9 Å². The van der Waals surface area contributed by atoms with Crippen LogP contribution in [0.15, 0.2) is 52.6 Å². The molecular formula is C26H23BrN2O5S. The predicted octanol–water partition coefficient (Wildman–Crippen LogP) is 5.68. The second kappa shape index (κ2) is 11.8. The summed E-state index contributed by atoms with van der Waals surface area (Å²) in [5.74, 6) is -1.66. The topological polar surface area (TPSA) is 98.4 Å². The Bertz CT molecular complexity index is 1330. The van der Waals surface area contributed by atoms with E-state index in [0.29, 0.717) is 16.1 Å². The Morgan fingerprint density at radius 2 is 1.74 bits per heavy atom. The van der Waals surface area contributed by atoms with Crippen LogP contribution in [-0.2, 0) is 20.7 Å². The molecule has 0 N–H and O–H groups in total. The number of carbonyl (C=O) groups is 3. The lowest BCUT2D eigenvalue weighted by molar-refractivity contribution is -0.114. The summed E-state index contributed by atoms with van der Waals surface area (Å²) >= 11 is 4.42. The van der Waals surface area contributed by atoms with Crippen molar-refractivity contribution in [3.8, 4) is 11.8 Å². The van der Waals surface area contributed by atoms with Crippen LogP contribution < -0.4 is 0 Å². The average Bonchev–Trinajstić information content (AvgIpc) is 3.42. The molecule has 0 aliphatic heterocycles. The number of allylic oxidation sites excluding steroid dienone is 1. The molecule has 0 saturated heterocycles. The van der Waals surface area contributed by atoms with Crippen molar-refractivity contribution in [2.45, 2.75) is 27.2 Å². The SMILES string of the molecule is CCOC(=O)c1sc(CC(=O)/C(C#N)=C/c2cccn2-c2ccc(Br)cc2)c(C(=O)OCC)c1C. The number of thiophene rings is 1. The number of esters is 2. The zero-order valence-electron chi connectivity index (χ0n) is 19.5. The van der Waals surface area contributed by atoms with E-state index < -0.39 is 17.7 Å². The summed E-state index contributed by atoms with van der Waals surface area (Å²) in [6.45, 7) is 5.31. The number of nitrogens with zero attached hydrogens (tertiary/aromatic N) is 2. The molecule has 0 fully saturated rings. The molecule has 0 spiro atoms. The van der Waals surface area contributed by atoms with Crippen LogP contribution in [0, 0.1) is 18.3 Å². The fourth-order valence-electron chi connectivity index (χ4n) is 3.47. The molecule has 2 aromatic heterocycles. The van der Waals surface area contributed by atoms with E-state index in [2.05, 4.69) is 15.9 Å². The van der Waals surface area contributed by atoms with Crippen molar-refractivity contribution in [2.75, 3.05) is 13.2 Å². The number of halogens is 1. The largest absolute Gasteiger partial charge is 0.462 e. The van der Waals surface area contributed by atoms with E-state index in [1.807, 2.05) is 47.2 Å². The first-order valence-corrected chi connectivity index (χ1v) is 12.5. The molecule has 2 heterocycles. The fourth-order valence-corrected chi connectivity index (χ4v) is 4.92. The minimum Gasteiger partial charge on any atom is -0.462 e. The van der Waals surface area contributed by atoms with Crippen molar-refractivity contribution >= 4 is 51.1 Å². The molecule has 0 saturated carbocycles. The van der Waals surface area contributed by atoms with Crippen LogP contribution in [0.5, 0.6) is 0 Å². The second-order valence-corrected chi connectivity index (χ2v) is 9.37. The van der Waals surface area contributed by atoms with E-state index in [9.17, 15) is 19.6 Å². The smallest absolute Gasteiger partial charge is 0.348 e. The molecule has 0 radical (unpaired) electrons. The van der Waals surface area contributed by atoms with Crippen LogP contribution in [0.2, 0.25) is 0 Å². The summed E-state index contributed by atoms with van der Waals surface area (Å²) in [6.07, 6.45) is 3.13. The number of aromatic nitrogens is 1. The molecule has 3 aromatic rings. The van der Waals surface area contributed by atoms with Crippen molar-refractivity contribution in [1.82, 2.24) is 4.57 Å². The van der Waals surface area contributed by atoms with Gasteiger partial charge in [-0.3, -0.25) is 4.79 Å². The minimum atomic E-state index is -0.619. The van der Waals surface area contributed by atoms with Gasteiger partial charge in [0.05, 0.1) is 24.4 Å². The maximum atomic E-state index is 13.1. The number of rotatable bonds is 9. The van der Waals surface area contributed by atoms with Gasteiger partial charge < -0.3 is 14.0 Å². The summed E-state index contributed by atoms with van der Waals surface area (Å²) < 4.78 is 13.0. The van der Waals surface area contributed by atoms with Gasteiger partial charge in [0.25, 0.3) is 0 Å². The molecule has 35 heavy (non-hydrogen) atoms. The summed E-state index contributed by atoms with van der Waals surface area (Å²) in [4.78, 5) is 38.7. The quantitative estimate of drug-likeness (QED) is 0.191. The summed E-state index contributed by atoms with van der Waals surface area (Å²) in [7, 11) is 0. The Morgan fingerprint density at radius 1 is 1.09 bits per heavy atom. The van der Waals surface area contributed by atoms with Gasteiger partial charge in [-0.25, -0.2) is 9.59 Å². The summed E-state index contributed by atoms with van der Waals surface area (Å²) in [5, 5.41) is 9.73. The van der Waals surface area contributed by atoms with Crippen LogP contribution in [0.25, 0.3) is 11.8 Å². The van der Waals surface area contributed by atoms with E-state index in [4.69, 9.17) is 9.47 Å². The van der Waals surface area contributed by atoms with Crippen LogP contribution in [-0.4, -0.2) is 35.5 Å². The first-order valence-electron chi connectivity index (χ1n) is 10.8. The average molecular weight is 555 g/mol. The maximum absolute atomic E-state index is 13.1. The molecule has 0 aliphatic carbocycles. The fraction of sp³-hybridized carbons (Fsp3) is 0.231. The van der Waals surface area contributed by atoms with Crippen molar-refractivity contribution in [1.29, 1.82) is 5.26 Å². The number of ketones is 1. The lowest BCUT2D eigenvalue weighted by atomic mass is 10.0. The normalized spacial score (nSPS) is 11.1. The van der Waals surface area contributed by atoms with E-state index in [1.54, 1.807) is 26.8 Å². The summed E-state index contributed by atoms with van der Waals surface area (Å²) in [5.41, 5.74) is 2.02. The van der Waals surface area contributed by atoms with Crippen molar-refractivity contribution in [3.63, 3.8) is 0 Å². The predicted molar refractivity (Wildman–Crippen MR) is 137 cm³/mol. The van der Waals surface area contributed by atoms with Crippen LogP contribution in [0.1, 0.15) is 50.0 Å². The third-order valence-corrected chi connectivity index (χ3v) is 6.88. The first-order chi connectivity index (χ1) is 16.8. The first kappa shape index (κ1) is 26.1. The number of nitriles is 1. The Kier molecular flexibility index (Phi) is 8.79. The van der Waals surface area contributed by atoms with E-state index in [0.717, 1.165) is 21.5 Å². The van der Waals surface area contributed by atoms with Gasteiger partial charge in [-0.05, 0) is 68.8 Å². The van der Waals surface area contributed by atoms with Gasteiger partial charge in [0.2, 0.25) is 0 Å². The molecule has 1 aromatic carbocycles. The Hall–Kier alpha value is -3.48. The van der Waals surface area contributed by atoms with Gasteiger partial charge in [0.15, 0.2) is 5.78 Å². The number of hydrogen-bond acceptors (Lipinski definition) is 7. The number of carbonyl (C=O) groups excluding carboxylic acids is 3. The lowest BCUT2D eigenvalue weighted by Crippen LogP contribution is -2.12. The van der Waals surface area contributed by atoms with Crippen molar-refractivity contribution in [3.05, 3.63) is 79.2 Å². The van der Waals surface area contributed by atoms with Gasteiger partial charge in [0, 0.05) is 33.3 Å². The molecule has 0 unspecified atom stereocenters. The molecule has 180 valence electrons. The standard InChI is InChI=1S/C26H23BrN2O5S/c1-4-33-25(31)23-16(3)24(26(32)34-5-2)35-22(23)14-21(30)17(15-28)13-20-7-6-12-29(20)19-10-8-18(27)9-11-19/h6-13H,4-5,14H2,1-3H3/b17-13+. The zero-order chi connectivity index (χ0) is 25.5. The molecule has 9 heteroatoms. The molecule has 0 amide bonds. The molecule has 0 bridgehead atoms. The third-order valence-electron chi connectivity index (χ3n) is 5.08. The van der Waals surface area contributed by atoms with E-state index in [-0.39, 0.29) is 35.6 Å². The molecule has 3 rings (SSSR count). The Morgan fingerprint density at radius 3 is 2.37 bits per heavy atom. The molecule has 0 atom stereocenters. The lowest BCUT2D eigenvalue weighted by Gasteiger charge is -2.08. The zero-order valence-corrected chi connectivity index (χ0v) is 21.9. The number of Topliss-reactive ketones (excluding diaryl/α,β-unsaturated/α-hetero) is 1. The number of hydrogen-bond donors (Lipinski definition) is 0. The van der Waals surface area contributed by atoms with Crippen LogP contribution in [0.3, 0.4) is 0 Å². The second-order valence-electron chi connectivity index (χ2n) is 7.34. The highest BCUT2D eigenvalue weighted by Gasteiger charge is 2.28. The van der Waals surface area contributed by atoms with Gasteiger partial charge in [-0.2, -0.15) is 5.26 Å². The molecule has 0 aliphatic rings. The minimum absolute atomic E-state index is 0.0689. The molecular weight excluding hydrogens is 532 g/mol. The van der Waals surface area contributed by atoms with Gasteiger partial charge in [-0.15, -0.1) is 11.3 Å². The highest BCUT2D eigenvalue weighted by atomic mass is 79.9. The van der Waals surface area contributed by atoms with Crippen molar-refractivity contribution in [2.24, 2.45) is 0 Å². The highest BCUT2D eigenvalue weighted by Crippen LogP contribution is 2.31. The summed E-state index contributed by atoms with van der Waals surface area (Å²) in [6, 6.07) is 13.2.